The van der Waals surface area contributed by atoms with Crippen LogP contribution in [0.1, 0.15) is 43.0 Å². The van der Waals surface area contributed by atoms with Gasteiger partial charge in [-0.2, -0.15) is 0 Å². The van der Waals surface area contributed by atoms with Crippen LogP contribution in [-0.2, 0) is 0 Å². The second-order valence-corrected chi connectivity index (χ2v) is 6.42. The van der Waals surface area contributed by atoms with Gasteiger partial charge in [-0.15, -0.1) is 0 Å². The number of benzene rings is 1. The minimum atomic E-state index is 0.359. The van der Waals surface area contributed by atoms with Gasteiger partial charge in [-0.25, -0.2) is 9.97 Å². The number of nitrogens with zero attached hydrogens (tertiary/aromatic N) is 2. The second-order valence-electron chi connectivity index (χ2n) is 6.42. The Morgan fingerprint density at radius 2 is 1.64 bits per heavy atom. The third-order valence-electron chi connectivity index (χ3n) is 4.07. The van der Waals surface area contributed by atoms with Gasteiger partial charge < -0.3 is 0 Å². The van der Waals surface area contributed by atoms with Gasteiger partial charge in [-0.05, 0) is 52.3 Å². The van der Waals surface area contributed by atoms with E-state index >= 15 is 0 Å². The van der Waals surface area contributed by atoms with Crippen LogP contribution < -0.4 is 0 Å². The van der Waals surface area contributed by atoms with Crippen molar-refractivity contribution in [3.63, 3.8) is 0 Å². The minimum absolute atomic E-state index is 0.359. The highest BCUT2D eigenvalue weighted by Gasteiger charge is 2.16. The normalized spacial score (nSPS) is 17.9. The average Bonchev–Trinajstić information content (AvgIpc) is 2.45. The van der Waals surface area contributed by atoms with Crippen molar-refractivity contribution >= 4 is 0 Å². The Labute approximate surface area is 132 Å². The molecule has 2 aromatic rings. The van der Waals surface area contributed by atoms with Crippen molar-refractivity contribution in [3.05, 3.63) is 70.7 Å². The summed E-state index contributed by atoms with van der Waals surface area (Å²) in [5.74, 6) is 0.359. The largest absolute Gasteiger partial charge is 0.241 e. The number of hydrogen-bond donors (Lipinski definition) is 0. The number of hydrogen-bond acceptors (Lipinski definition) is 2. The first-order valence-electron chi connectivity index (χ1n) is 7.77. The fourth-order valence-electron chi connectivity index (χ4n) is 3.26. The van der Waals surface area contributed by atoms with E-state index in [1.807, 2.05) is 0 Å². The van der Waals surface area contributed by atoms with E-state index in [9.17, 15) is 0 Å². The lowest BCUT2D eigenvalue weighted by Crippen LogP contribution is -2.04. The highest BCUT2D eigenvalue weighted by atomic mass is 14.8. The molecule has 3 rings (SSSR count). The van der Waals surface area contributed by atoms with Crippen LogP contribution in [0, 0.1) is 13.8 Å². The predicted molar refractivity (Wildman–Crippen MR) is 91.8 cm³/mol. The topological polar surface area (TPSA) is 25.8 Å². The maximum atomic E-state index is 4.52. The van der Waals surface area contributed by atoms with Crippen LogP contribution in [0.25, 0.3) is 11.3 Å². The summed E-state index contributed by atoms with van der Waals surface area (Å²) in [5, 5.41) is 0. The standard InChI is InChI=1S/C20H22N2/c1-13-5-14(2)8-17(7-13)19-11-20(22-12-21-19)18-9-15(3)6-16(4)10-18/h5-9,11-12,18H,10H2,1-4H3. The summed E-state index contributed by atoms with van der Waals surface area (Å²) < 4.78 is 0. The van der Waals surface area contributed by atoms with Gasteiger partial charge >= 0.3 is 0 Å². The van der Waals surface area contributed by atoms with Gasteiger partial charge in [0.25, 0.3) is 0 Å². The molecule has 1 aliphatic rings. The molecule has 0 fully saturated rings. The van der Waals surface area contributed by atoms with Crippen molar-refractivity contribution in [2.75, 3.05) is 0 Å². The van der Waals surface area contributed by atoms with Crippen molar-refractivity contribution in [3.8, 4) is 11.3 Å². The van der Waals surface area contributed by atoms with Crippen molar-refractivity contribution in [2.45, 2.75) is 40.0 Å². The molecule has 1 heterocycles. The third kappa shape index (κ3) is 3.16. The third-order valence-corrected chi connectivity index (χ3v) is 4.07. The Hall–Kier alpha value is -2.22. The van der Waals surface area contributed by atoms with Crippen LogP contribution in [0.2, 0.25) is 0 Å². The first-order chi connectivity index (χ1) is 10.5. The van der Waals surface area contributed by atoms with E-state index in [-0.39, 0.29) is 0 Å². The molecular formula is C20H22N2. The molecule has 0 spiro atoms. The van der Waals surface area contributed by atoms with Gasteiger partial charge in [-0.3, -0.25) is 0 Å². The van der Waals surface area contributed by atoms with E-state index < -0.39 is 0 Å². The molecule has 112 valence electrons. The van der Waals surface area contributed by atoms with Gasteiger partial charge in [0, 0.05) is 11.5 Å². The molecule has 0 radical (unpaired) electrons. The zero-order valence-corrected chi connectivity index (χ0v) is 13.7. The van der Waals surface area contributed by atoms with Crippen LogP contribution in [0.5, 0.6) is 0 Å². The Balaban J connectivity index is 1.98. The van der Waals surface area contributed by atoms with E-state index in [1.54, 1.807) is 6.33 Å². The van der Waals surface area contributed by atoms with Gasteiger partial charge in [-0.1, -0.05) is 40.5 Å². The summed E-state index contributed by atoms with van der Waals surface area (Å²) >= 11 is 0. The first kappa shape index (κ1) is 14.7. The average molecular weight is 290 g/mol. The molecule has 1 atom stereocenters. The lowest BCUT2D eigenvalue weighted by atomic mass is 9.88. The molecule has 1 aromatic heterocycles. The summed E-state index contributed by atoms with van der Waals surface area (Å²) in [6.45, 7) is 8.59. The van der Waals surface area contributed by atoms with E-state index in [4.69, 9.17) is 0 Å². The van der Waals surface area contributed by atoms with E-state index in [2.05, 4.69) is 74.1 Å². The van der Waals surface area contributed by atoms with Gasteiger partial charge in [0.1, 0.15) is 6.33 Å². The highest BCUT2D eigenvalue weighted by molar-refractivity contribution is 5.61. The molecule has 0 saturated heterocycles. The smallest absolute Gasteiger partial charge is 0.116 e. The van der Waals surface area contributed by atoms with Gasteiger partial charge in [0.05, 0.1) is 11.4 Å². The molecule has 0 amide bonds. The van der Waals surface area contributed by atoms with Crippen molar-refractivity contribution in [1.29, 1.82) is 0 Å². The second kappa shape index (κ2) is 5.88. The van der Waals surface area contributed by atoms with Crippen molar-refractivity contribution in [2.24, 2.45) is 0 Å². The fraction of sp³-hybridized carbons (Fsp3) is 0.300. The van der Waals surface area contributed by atoms with E-state index in [1.165, 1.54) is 27.8 Å². The van der Waals surface area contributed by atoms with Crippen molar-refractivity contribution < 1.29 is 0 Å². The summed E-state index contributed by atoms with van der Waals surface area (Å²) in [7, 11) is 0. The predicted octanol–water partition coefficient (Wildman–Crippen LogP) is 5.14. The van der Waals surface area contributed by atoms with E-state index in [0.29, 0.717) is 5.92 Å². The monoisotopic (exact) mass is 290 g/mol. The van der Waals surface area contributed by atoms with Crippen LogP contribution in [0.4, 0.5) is 0 Å². The fourth-order valence-corrected chi connectivity index (χ4v) is 3.26. The summed E-state index contributed by atoms with van der Waals surface area (Å²) in [6.07, 6.45) is 7.29. The van der Waals surface area contributed by atoms with Gasteiger partial charge in [0.15, 0.2) is 0 Å². The number of allylic oxidation sites excluding steroid dienone is 4. The molecule has 1 unspecified atom stereocenters. The van der Waals surface area contributed by atoms with Crippen molar-refractivity contribution in [1.82, 2.24) is 9.97 Å². The molecule has 22 heavy (non-hydrogen) atoms. The molecule has 0 N–H and O–H groups in total. The SMILES string of the molecule is CC1=CC(c2cc(-c3cc(C)cc(C)c3)ncn2)CC(C)=C1. The van der Waals surface area contributed by atoms with Crippen LogP contribution >= 0.6 is 0 Å². The number of aromatic nitrogens is 2. The minimum Gasteiger partial charge on any atom is -0.241 e. The molecule has 1 aromatic carbocycles. The molecule has 0 saturated carbocycles. The number of aryl methyl sites for hydroxylation is 2. The highest BCUT2D eigenvalue weighted by Crippen LogP contribution is 2.31. The Kier molecular flexibility index (Phi) is 3.93. The quantitative estimate of drug-likeness (QED) is 0.765. The van der Waals surface area contributed by atoms with Gasteiger partial charge in [0.2, 0.25) is 0 Å². The van der Waals surface area contributed by atoms with Crippen LogP contribution in [0.15, 0.2) is 53.9 Å². The first-order valence-corrected chi connectivity index (χ1v) is 7.77. The maximum Gasteiger partial charge on any atom is 0.116 e. The number of rotatable bonds is 2. The maximum absolute atomic E-state index is 4.52. The zero-order chi connectivity index (χ0) is 15.7. The summed E-state index contributed by atoms with van der Waals surface area (Å²) in [5.41, 5.74) is 8.55. The summed E-state index contributed by atoms with van der Waals surface area (Å²) in [4.78, 5) is 9.00. The lowest BCUT2D eigenvalue weighted by molar-refractivity contribution is 0.769. The lowest BCUT2D eigenvalue weighted by Gasteiger charge is -2.18. The Morgan fingerprint density at radius 1 is 0.909 bits per heavy atom. The molecule has 0 bridgehead atoms. The molecule has 0 aliphatic heterocycles. The zero-order valence-electron chi connectivity index (χ0n) is 13.7. The van der Waals surface area contributed by atoms with Crippen LogP contribution in [0.3, 0.4) is 0 Å². The van der Waals surface area contributed by atoms with E-state index in [0.717, 1.165) is 17.8 Å². The Morgan fingerprint density at radius 3 is 2.32 bits per heavy atom. The molecular weight excluding hydrogens is 268 g/mol. The molecule has 1 aliphatic carbocycles. The van der Waals surface area contributed by atoms with Crippen LogP contribution in [-0.4, -0.2) is 9.97 Å². The molecule has 2 nitrogen and oxygen atoms in total. The Bertz CT molecular complexity index is 749. The molecule has 2 heteroatoms. The summed E-state index contributed by atoms with van der Waals surface area (Å²) in [6, 6.07) is 8.70.